The average Bonchev–Trinajstić information content (AvgIpc) is 2.84. The molecule has 21 heavy (non-hydrogen) atoms. The molecular formula is C14H20N6O. The molecule has 1 aliphatic rings. The maximum atomic E-state index is 5.17. The molecule has 0 aliphatic carbocycles. The molecule has 7 heteroatoms. The quantitative estimate of drug-likeness (QED) is 0.837. The number of aromatic nitrogens is 4. The van der Waals surface area contributed by atoms with Crippen LogP contribution in [0.1, 0.15) is 23.2 Å². The van der Waals surface area contributed by atoms with E-state index in [4.69, 9.17) is 4.52 Å². The maximum absolute atomic E-state index is 5.17. The highest BCUT2D eigenvalue weighted by Gasteiger charge is 2.20. The lowest BCUT2D eigenvalue weighted by Gasteiger charge is -2.34. The molecule has 3 heterocycles. The second-order valence-corrected chi connectivity index (χ2v) is 5.41. The fraction of sp³-hybridized carbons (Fsp3) is 0.571. The Hall–Kier alpha value is -2.02. The number of anilines is 1. The Kier molecular flexibility index (Phi) is 3.83. The third-order valence-electron chi connectivity index (χ3n) is 3.58. The van der Waals surface area contributed by atoms with Crippen molar-refractivity contribution in [3.05, 3.63) is 29.3 Å². The zero-order valence-corrected chi connectivity index (χ0v) is 12.7. The third-order valence-corrected chi connectivity index (χ3v) is 3.58. The number of hydrogen-bond acceptors (Lipinski definition) is 7. The molecule has 2 aromatic heterocycles. The number of hydrogen-bond donors (Lipinski definition) is 0. The van der Waals surface area contributed by atoms with Gasteiger partial charge in [0.2, 0.25) is 5.89 Å². The van der Waals surface area contributed by atoms with Crippen molar-refractivity contribution in [2.45, 2.75) is 27.3 Å². The standard InChI is InChI=1S/C14H20N6O/c1-10-8-13(16-11(2)15-10)20-6-4-19(5-7-20)9-14-17-12(3)18-21-14/h8H,4-7,9H2,1-3H3. The first-order chi connectivity index (χ1) is 10.1. The van der Waals surface area contributed by atoms with Crippen LogP contribution in [0, 0.1) is 20.8 Å². The average molecular weight is 288 g/mol. The van der Waals surface area contributed by atoms with Gasteiger partial charge >= 0.3 is 0 Å². The Balaban J connectivity index is 1.59. The summed E-state index contributed by atoms with van der Waals surface area (Å²) in [5.41, 5.74) is 1.02. The molecule has 1 fully saturated rings. The van der Waals surface area contributed by atoms with Crippen molar-refractivity contribution in [3.63, 3.8) is 0 Å². The van der Waals surface area contributed by atoms with Crippen LogP contribution in [-0.4, -0.2) is 51.2 Å². The van der Waals surface area contributed by atoms with E-state index in [0.717, 1.165) is 50.1 Å². The molecule has 112 valence electrons. The summed E-state index contributed by atoms with van der Waals surface area (Å²) in [7, 11) is 0. The van der Waals surface area contributed by atoms with Crippen molar-refractivity contribution in [2.24, 2.45) is 0 Å². The Morgan fingerprint density at radius 2 is 1.76 bits per heavy atom. The Bertz CT molecular complexity index is 597. The van der Waals surface area contributed by atoms with Gasteiger partial charge in [0.15, 0.2) is 5.82 Å². The van der Waals surface area contributed by atoms with Gasteiger partial charge in [-0.15, -0.1) is 0 Å². The van der Waals surface area contributed by atoms with Crippen LogP contribution in [-0.2, 0) is 6.54 Å². The fourth-order valence-electron chi connectivity index (χ4n) is 2.59. The van der Waals surface area contributed by atoms with Crippen LogP contribution in [0.5, 0.6) is 0 Å². The van der Waals surface area contributed by atoms with E-state index >= 15 is 0 Å². The van der Waals surface area contributed by atoms with E-state index in [1.165, 1.54) is 0 Å². The monoisotopic (exact) mass is 288 g/mol. The smallest absolute Gasteiger partial charge is 0.240 e. The Morgan fingerprint density at radius 3 is 2.38 bits per heavy atom. The van der Waals surface area contributed by atoms with E-state index in [1.54, 1.807) is 0 Å². The van der Waals surface area contributed by atoms with E-state index < -0.39 is 0 Å². The molecule has 0 saturated carbocycles. The molecule has 0 atom stereocenters. The zero-order chi connectivity index (χ0) is 14.8. The molecule has 0 N–H and O–H groups in total. The Morgan fingerprint density at radius 1 is 1.00 bits per heavy atom. The molecule has 3 rings (SSSR count). The summed E-state index contributed by atoms with van der Waals surface area (Å²) in [5.74, 6) is 3.23. The third kappa shape index (κ3) is 3.36. The first-order valence-corrected chi connectivity index (χ1v) is 7.19. The van der Waals surface area contributed by atoms with Crippen molar-refractivity contribution in [1.82, 2.24) is 25.0 Å². The molecule has 2 aromatic rings. The molecular weight excluding hydrogens is 268 g/mol. The highest BCUT2D eigenvalue weighted by atomic mass is 16.5. The first-order valence-electron chi connectivity index (χ1n) is 7.19. The summed E-state index contributed by atoms with van der Waals surface area (Å²) >= 11 is 0. The molecule has 1 saturated heterocycles. The predicted octanol–water partition coefficient (Wildman–Crippen LogP) is 1.11. The van der Waals surface area contributed by atoms with E-state index in [1.807, 2.05) is 26.8 Å². The van der Waals surface area contributed by atoms with Gasteiger partial charge in [0.25, 0.3) is 0 Å². The van der Waals surface area contributed by atoms with Gasteiger partial charge in [-0.05, 0) is 20.8 Å². The normalized spacial score (nSPS) is 16.4. The van der Waals surface area contributed by atoms with Gasteiger partial charge in [0.1, 0.15) is 11.6 Å². The fourth-order valence-corrected chi connectivity index (χ4v) is 2.59. The van der Waals surface area contributed by atoms with Crippen molar-refractivity contribution < 1.29 is 4.52 Å². The number of piperazine rings is 1. The molecule has 7 nitrogen and oxygen atoms in total. The van der Waals surface area contributed by atoms with Gasteiger partial charge in [0.05, 0.1) is 6.54 Å². The van der Waals surface area contributed by atoms with E-state index in [-0.39, 0.29) is 0 Å². The summed E-state index contributed by atoms with van der Waals surface area (Å²) in [6.07, 6.45) is 0. The number of aryl methyl sites for hydroxylation is 3. The predicted molar refractivity (Wildman–Crippen MR) is 78.0 cm³/mol. The molecule has 0 aromatic carbocycles. The lowest BCUT2D eigenvalue weighted by molar-refractivity contribution is 0.215. The van der Waals surface area contributed by atoms with Crippen LogP contribution in [0.2, 0.25) is 0 Å². The van der Waals surface area contributed by atoms with Crippen LogP contribution < -0.4 is 4.90 Å². The SMILES string of the molecule is Cc1cc(N2CCN(Cc3nc(C)no3)CC2)nc(C)n1. The zero-order valence-electron chi connectivity index (χ0n) is 12.7. The van der Waals surface area contributed by atoms with Gasteiger partial charge in [-0.3, -0.25) is 4.90 Å². The molecule has 0 radical (unpaired) electrons. The van der Waals surface area contributed by atoms with Crippen molar-refractivity contribution in [2.75, 3.05) is 31.1 Å². The lowest BCUT2D eigenvalue weighted by atomic mass is 10.3. The minimum absolute atomic E-state index is 0.690. The van der Waals surface area contributed by atoms with Gasteiger partial charge in [-0.1, -0.05) is 5.16 Å². The van der Waals surface area contributed by atoms with Crippen LogP contribution >= 0.6 is 0 Å². The summed E-state index contributed by atoms with van der Waals surface area (Å²) < 4.78 is 5.17. The van der Waals surface area contributed by atoms with Gasteiger partial charge < -0.3 is 9.42 Å². The van der Waals surface area contributed by atoms with Crippen LogP contribution in [0.25, 0.3) is 0 Å². The summed E-state index contributed by atoms with van der Waals surface area (Å²) in [6, 6.07) is 2.05. The molecule has 0 amide bonds. The second kappa shape index (κ2) is 5.77. The topological polar surface area (TPSA) is 71.2 Å². The summed E-state index contributed by atoms with van der Waals surface area (Å²) in [5, 5.41) is 3.82. The lowest BCUT2D eigenvalue weighted by Crippen LogP contribution is -2.46. The molecule has 1 aliphatic heterocycles. The minimum atomic E-state index is 0.690. The van der Waals surface area contributed by atoms with E-state index in [0.29, 0.717) is 11.7 Å². The minimum Gasteiger partial charge on any atom is -0.354 e. The number of nitrogens with zero attached hydrogens (tertiary/aromatic N) is 6. The highest BCUT2D eigenvalue weighted by molar-refractivity contribution is 5.40. The van der Waals surface area contributed by atoms with E-state index in [9.17, 15) is 0 Å². The van der Waals surface area contributed by atoms with Crippen LogP contribution in [0.3, 0.4) is 0 Å². The van der Waals surface area contributed by atoms with Crippen molar-refractivity contribution >= 4 is 5.82 Å². The summed E-state index contributed by atoms with van der Waals surface area (Å²) in [4.78, 5) is 17.7. The molecule has 0 bridgehead atoms. The van der Waals surface area contributed by atoms with Crippen LogP contribution in [0.4, 0.5) is 5.82 Å². The number of rotatable bonds is 3. The molecule has 0 unspecified atom stereocenters. The summed E-state index contributed by atoms with van der Waals surface area (Å²) in [6.45, 7) is 10.3. The van der Waals surface area contributed by atoms with E-state index in [2.05, 4.69) is 29.9 Å². The molecule has 0 spiro atoms. The van der Waals surface area contributed by atoms with Gasteiger partial charge in [-0.25, -0.2) is 9.97 Å². The van der Waals surface area contributed by atoms with Gasteiger partial charge in [0, 0.05) is 37.9 Å². The maximum Gasteiger partial charge on any atom is 0.240 e. The van der Waals surface area contributed by atoms with Crippen molar-refractivity contribution in [1.29, 1.82) is 0 Å². The van der Waals surface area contributed by atoms with Crippen molar-refractivity contribution in [3.8, 4) is 0 Å². The Labute approximate surface area is 124 Å². The van der Waals surface area contributed by atoms with Crippen LogP contribution in [0.15, 0.2) is 10.6 Å². The first kappa shape index (κ1) is 13.9. The van der Waals surface area contributed by atoms with Gasteiger partial charge in [-0.2, -0.15) is 4.98 Å². The highest BCUT2D eigenvalue weighted by Crippen LogP contribution is 2.15. The largest absolute Gasteiger partial charge is 0.354 e. The second-order valence-electron chi connectivity index (χ2n) is 5.41.